The standard InChI is InChI=1S/C12H17NO3/c1-5-6-13-9-7-10(14-2)12(16-4)11(8-9)15-3/h5,7-8,13H,1,6H2,2-4H3. The van der Waals surface area contributed by atoms with Crippen LogP contribution in [-0.2, 0) is 0 Å². The second-order valence-corrected chi connectivity index (χ2v) is 3.08. The third-order valence-corrected chi connectivity index (χ3v) is 2.12. The summed E-state index contributed by atoms with van der Waals surface area (Å²) in [5.74, 6) is 1.86. The SMILES string of the molecule is C=CCNc1cc(OC)c(OC)c(OC)c1. The number of nitrogens with one attached hydrogen (secondary N) is 1. The van der Waals surface area contributed by atoms with Crippen LogP contribution in [0.15, 0.2) is 24.8 Å². The zero-order valence-electron chi connectivity index (χ0n) is 9.87. The maximum absolute atomic E-state index is 5.23. The molecule has 0 saturated heterocycles. The highest BCUT2D eigenvalue weighted by Gasteiger charge is 2.12. The summed E-state index contributed by atoms with van der Waals surface area (Å²) in [6.45, 7) is 4.32. The van der Waals surface area contributed by atoms with Crippen molar-refractivity contribution < 1.29 is 14.2 Å². The Morgan fingerprint density at radius 1 is 1.12 bits per heavy atom. The lowest BCUT2D eigenvalue weighted by Crippen LogP contribution is -2.01. The lowest BCUT2D eigenvalue weighted by atomic mass is 10.2. The molecule has 4 heteroatoms. The van der Waals surface area contributed by atoms with Gasteiger partial charge in [-0.25, -0.2) is 0 Å². The van der Waals surface area contributed by atoms with Crippen LogP contribution < -0.4 is 19.5 Å². The maximum atomic E-state index is 5.23. The summed E-state index contributed by atoms with van der Waals surface area (Å²) in [7, 11) is 4.76. The molecule has 0 saturated carbocycles. The summed E-state index contributed by atoms with van der Waals surface area (Å²) in [5.41, 5.74) is 0.898. The lowest BCUT2D eigenvalue weighted by Gasteiger charge is -2.14. The van der Waals surface area contributed by atoms with Crippen LogP contribution in [0.4, 0.5) is 5.69 Å². The Morgan fingerprint density at radius 2 is 1.69 bits per heavy atom. The molecule has 1 aromatic rings. The van der Waals surface area contributed by atoms with E-state index in [1.807, 2.05) is 12.1 Å². The van der Waals surface area contributed by atoms with Gasteiger partial charge in [0, 0.05) is 24.4 Å². The van der Waals surface area contributed by atoms with Crippen LogP contribution in [0.1, 0.15) is 0 Å². The molecule has 0 unspecified atom stereocenters. The minimum Gasteiger partial charge on any atom is -0.493 e. The van der Waals surface area contributed by atoms with Crippen molar-refractivity contribution in [3.8, 4) is 17.2 Å². The molecule has 88 valence electrons. The number of rotatable bonds is 6. The van der Waals surface area contributed by atoms with Gasteiger partial charge in [0.1, 0.15) is 0 Å². The van der Waals surface area contributed by atoms with E-state index in [1.165, 1.54) is 0 Å². The average molecular weight is 223 g/mol. The van der Waals surface area contributed by atoms with Crippen LogP contribution in [0.3, 0.4) is 0 Å². The predicted octanol–water partition coefficient (Wildman–Crippen LogP) is 2.31. The minimum atomic E-state index is 0.592. The predicted molar refractivity (Wildman–Crippen MR) is 64.8 cm³/mol. The molecular weight excluding hydrogens is 206 g/mol. The summed E-state index contributed by atoms with van der Waals surface area (Å²) in [6, 6.07) is 3.70. The second kappa shape index (κ2) is 5.90. The Balaban J connectivity index is 3.09. The normalized spacial score (nSPS) is 9.44. The van der Waals surface area contributed by atoms with Gasteiger partial charge in [-0.3, -0.25) is 0 Å². The Bertz CT molecular complexity index is 338. The molecule has 0 aliphatic heterocycles. The lowest BCUT2D eigenvalue weighted by molar-refractivity contribution is 0.324. The number of hydrogen-bond donors (Lipinski definition) is 1. The smallest absolute Gasteiger partial charge is 0.203 e. The summed E-state index contributed by atoms with van der Waals surface area (Å²) in [4.78, 5) is 0. The van der Waals surface area contributed by atoms with Crippen molar-refractivity contribution in [3.05, 3.63) is 24.8 Å². The van der Waals surface area contributed by atoms with E-state index in [-0.39, 0.29) is 0 Å². The van der Waals surface area contributed by atoms with Crippen molar-refractivity contribution in [3.63, 3.8) is 0 Å². The Hall–Kier alpha value is -1.84. The van der Waals surface area contributed by atoms with Crippen molar-refractivity contribution in [2.45, 2.75) is 0 Å². The fourth-order valence-corrected chi connectivity index (χ4v) is 1.37. The third-order valence-electron chi connectivity index (χ3n) is 2.12. The van der Waals surface area contributed by atoms with Crippen LogP contribution in [0.5, 0.6) is 17.2 Å². The van der Waals surface area contributed by atoms with Gasteiger partial charge in [0.2, 0.25) is 5.75 Å². The van der Waals surface area contributed by atoms with Crippen molar-refractivity contribution in [1.82, 2.24) is 0 Å². The number of methoxy groups -OCH3 is 3. The van der Waals surface area contributed by atoms with Crippen molar-refractivity contribution in [2.24, 2.45) is 0 Å². The highest BCUT2D eigenvalue weighted by Crippen LogP contribution is 2.39. The minimum absolute atomic E-state index is 0.592. The molecule has 0 fully saturated rings. The van der Waals surface area contributed by atoms with Gasteiger partial charge in [-0.1, -0.05) is 6.08 Å². The first-order valence-corrected chi connectivity index (χ1v) is 4.91. The van der Waals surface area contributed by atoms with E-state index in [4.69, 9.17) is 14.2 Å². The van der Waals surface area contributed by atoms with Crippen molar-refractivity contribution in [2.75, 3.05) is 33.2 Å². The number of hydrogen-bond acceptors (Lipinski definition) is 4. The van der Waals surface area contributed by atoms with Crippen LogP contribution >= 0.6 is 0 Å². The van der Waals surface area contributed by atoms with Crippen LogP contribution in [0.2, 0.25) is 0 Å². The topological polar surface area (TPSA) is 39.7 Å². The molecule has 0 aliphatic rings. The van der Waals surface area contributed by atoms with E-state index >= 15 is 0 Å². The first-order valence-electron chi connectivity index (χ1n) is 4.91. The Labute approximate surface area is 95.8 Å². The zero-order valence-corrected chi connectivity index (χ0v) is 9.87. The van der Waals surface area contributed by atoms with Crippen molar-refractivity contribution >= 4 is 5.69 Å². The van der Waals surface area contributed by atoms with Gasteiger partial charge < -0.3 is 19.5 Å². The first-order chi connectivity index (χ1) is 7.76. The van der Waals surface area contributed by atoms with Gasteiger partial charge in [0.15, 0.2) is 11.5 Å². The van der Waals surface area contributed by atoms with Gasteiger partial charge in [-0.15, -0.1) is 6.58 Å². The quantitative estimate of drug-likeness (QED) is 0.751. The van der Waals surface area contributed by atoms with E-state index in [0.29, 0.717) is 23.8 Å². The number of ether oxygens (including phenoxy) is 3. The summed E-state index contributed by atoms with van der Waals surface area (Å²) < 4.78 is 15.7. The monoisotopic (exact) mass is 223 g/mol. The third kappa shape index (κ3) is 2.59. The number of benzene rings is 1. The largest absolute Gasteiger partial charge is 0.493 e. The number of anilines is 1. The maximum Gasteiger partial charge on any atom is 0.203 e. The Kier molecular flexibility index (Phi) is 4.51. The van der Waals surface area contributed by atoms with E-state index in [1.54, 1.807) is 27.4 Å². The molecule has 0 spiro atoms. The van der Waals surface area contributed by atoms with Gasteiger partial charge in [-0.2, -0.15) is 0 Å². The van der Waals surface area contributed by atoms with Crippen molar-refractivity contribution in [1.29, 1.82) is 0 Å². The molecule has 0 radical (unpaired) electrons. The molecule has 1 N–H and O–H groups in total. The van der Waals surface area contributed by atoms with Gasteiger partial charge in [0.25, 0.3) is 0 Å². The molecule has 1 rings (SSSR count). The van der Waals surface area contributed by atoms with E-state index in [9.17, 15) is 0 Å². The van der Waals surface area contributed by atoms with E-state index < -0.39 is 0 Å². The molecule has 1 aromatic carbocycles. The van der Waals surface area contributed by atoms with Crippen LogP contribution in [-0.4, -0.2) is 27.9 Å². The molecule has 0 amide bonds. The summed E-state index contributed by atoms with van der Waals surface area (Å²) >= 11 is 0. The molecule has 0 atom stereocenters. The average Bonchev–Trinajstić information content (AvgIpc) is 2.34. The highest BCUT2D eigenvalue weighted by molar-refractivity contribution is 5.62. The molecule has 0 aromatic heterocycles. The second-order valence-electron chi connectivity index (χ2n) is 3.08. The fraction of sp³-hybridized carbons (Fsp3) is 0.333. The Morgan fingerprint density at radius 3 is 2.06 bits per heavy atom. The summed E-state index contributed by atoms with van der Waals surface area (Å²) in [5, 5.41) is 3.16. The highest BCUT2D eigenvalue weighted by atomic mass is 16.5. The zero-order chi connectivity index (χ0) is 12.0. The van der Waals surface area contributed by atoms with Gasteiger partial charge in [0.05, 0.1) is 21.3 Å². The van der Waals surface area contributed by atoms with E-state index in [0.717, 1.165) is 5.69 Å². The molecule has 4 nitrogen and oxygen atoms in total. The van der Waals surface area contributed by atoms with Gasteiger partial charge >= 0.3 is 0 Å². The first kappa shape index (κ1) is 12.2. The summed E-state index contributed by atoms with van der Waals surface area (Å²) in [6.07, 6.45) is 1.78. The molecule has 16 heavy (non-hydrogen) atoms. The van der Waals surface area contributed by atoms with E-state index in [2.05, 4.69) is 11.9 Å². The molecule has 0 heterocycles. The molecule has 0 bridgehead atoms. The fourth-order valence-electron chi connectivity index (χ4n) is 1.37. The van der Waals surface area contributed by atoms with Gasteiger partial charge in [-0.05, 0) is 0 Å². The molecule has 0 aliphatic carbocycles. The van der Waals surface area contributed by atoms with Crippen LogP contribution in [0.25, 0.3) is 0 Å². The van der Waals surface area contributed by atoms with Crippen LogP contribution in [0, 0.1) is 0 Å². The molecular formula is C12H17NO3.